The highest BCUT2D eigenvalue weighted by atomic mass is 16.5. The summed E-state index contributed by atoms with van der Waals surface area (Å²) in [5.41, 5.74) is 5.61. The number of anilines is 1. The van der Waals surface area contributed by atoms with Gasteiger partial charge in [-0.3, -0.25) is 4.79 Å². The molecule has 0 unspecified atom stereocenters. The lowest BCUT2D eigenvalue weighted by molar-refractivity contribution is -0.116. The van der Waals surface area contributed by atoms with Crippen LogP contribution in [0.3, 0.4) is 0 Å². The Balaban J connectivity index is 1.92. The molecule has 0 fully saturated rings. The van der Waals surface area contributed by atoms with Crippen LogP contribution in [0.15, 0.2) is 91.3 Å². The predicted octanol–water partition coefficient (Wildman–Crippen LogP) is 8.06. The van der Waals surface area contributed by atoms with Crippen LogP contribution in [0.4, 0.5) is 5.69 Å². The molecule has 0 spiro atoms. The van der Waals surface area contributed by atoms with Gasteiger partial charge in [0, 0.05) is 23.4 Å². The minimum atomic E-state index is 0.132. The van der Waals surface area contributed by atoms with E-state index in [1.54, 1.807) is 25.2 Å². The number of unbranched alkanes of at least 4 members (excludes halogenated alkanes) is 1. The predicted molar refractivity (Wildman–Crippen MR) is 149 cm³/mol. The number of carbonyl (C=O) groups excluding carboxylic acids is 1. The summed E-state index contributed by atoms with van der Waals surface area (Å²) in [7, 11) is 0. The van der Waals surface area contributed by atoms with Crippen LogP contribution in [0.25, 0.3) is 11.8 Å². The second-order valence-electron chi connectivity index (χ2n) is 8.45. The van der Waals surface area contributed by atoms with Crippen molar-refractivity contribution in [3.8, 4) is 5.75 Å². The van der Waals surface area contributed by atoms with Crippen LogP contribution in [0.2, 0.25) is 0 Å². The van der Waals surface area contributed by atoms with E-state index >= 15 is 0 Å². The highest BCUT2D eigenvalue weighted by Crippen LogP contribution is 2.27. The zero-order chi connectivity index (χ0) is 25.6. The maximum absolute atomic E-state index is 11.7. The van der Waals surface area contributed by atoms with Gasteiger partial charge in [-0.1, -0.05) is 49.6 Å². The third-order valence-electron chi connectivity index (χ3n) is 5.50. The van der Waals surface area contributed by atoms with E-state index in [9.17, 15) is 9.90 Å². The van der Waals surface area contributed by atoms with Gasteiger partial charge in [0.15, 0.2) is 0 Å². The number of rotatable bonds is 14. The third kappa shape index (κ3) is 9.17. The number of nitrogens with one attached hydrogen (secondary N) is 1. The number of ketones is 1. The van der Waals surface area contributed by atoms with E-state index in [4.69, 9.17) is 4.74 Å². The van der Waals surface area contributed by atoms with Gasteiger partial charge in [-0.25, -0.2) is 0 Å². The summed E-state index contributed by atoms with van der Waals surface area (Å²) in [5, 5.41) is 13.3. The quantitative estimate of drug-likeness (QED) is 0.166. The standard InChI is InChI=1S/C31H37NO3/c1-6-8-16-31(34)23(3)13-9-10-21-35-28-19-17-26(18-20-28)25(5)32-30-15-11-14-27(22-24(4)33)29(30)12-7-2/h6-8,11-12,14-20,32,34H,1,5,9-10,13,21-22H2,2-4H3/b12-7+,16-8-,31-23-. The van der Waals surface area contributed by atoms with E-state index in [-0.39, 0.29) is 5.78 Å². The monoisotopic (exact) mass is 471 g/mol. The summed E-state index contributed by atoms with van der Waals surface area (Å²) in [4.78, 5) is 11.7. The highest BCUT2D eigenvalue weighted by Gasteiger charge is 2.09. The number of aliphatic hydroxyl groups is 1. The molecular weight excluding hydrogens is 434 g/mol. The number of aliphatic hydroxyl groups excluding tert-OH is 1. The molecule has 2 aromatic carbocycles. The number of hydrogen-bond donors (Lipinski definition) is 2. The average molecular weight is 472 g/mol. The minimum Gasteiger partial charge on any atom is -0.508 e. The maximum atomic E-state index is 11.7. The first kappa shape index (κ1) is 27.5. The van der Waals surface area contributed by atoms with Gasteiger partial charge in [-0.05, 0) is 93.1 Å². The fourth-order valence-corrected chi connectivity index (χ4v) is 3.61. The molecule has 0 aromatic heterocycles. The average Bonchev–Trinajstić information content (AvgIpc) is 2.84. The third-order valence-corrected chi connectivity index (χ3v) is 5.50. The van der Waals surface area contributed by atoms with Crippen molar-refractivity contribution in [1.29, 1.82) is 0 Å². The molecule has 0 bridgehead atoms. The minimum absolute atomic E-state index is 0.132. The number of Topliss-reactive ketones (excluding diaryl/α,β-unsaturated/α-hetero) is 1. The van der Waals surface area contributed by atoms with E-state index < -0.39 is 0 Å². The Labute approximate surface area is 210 Å². The van der Waals surface area contributed by atoms with Crippen molar-refractivity contribution in [1.82, 2.24) is 0 Å². The Bertz CT molecular complexity index is 1100. The zero-order valence-electron chi connectivity index (χ0n) is 21.1. The van der Waals surface area contributed by atoms with Crippen LogP contribution in [0.5, 0.6) is 5.75 Å². The van der Waals surface area contributed by atoms with E-state index in [2.05, 4.69) is 18.5 Å². The molecule has 2 aromatic rings. The molecule has 0 heterocycles. The summed E-state index contributed by atoms with van der Waals surface area (Å²) in [6.45, 7) is 13.9. The lowest BCUT2D eigenvalue weighted by Crippen LogP contribution is -2.04. The second-order valence-corrected chi connectivity index (χ2v) is 8.45. The number of ether oxygens (including phenoxy) is 1. The molecule has 0 radical (unpaired) electrons. The summed E-state index contributed by atoms with van der Waals surface area (Å²) in [6.07, 6.45) is 12.1. The van der Waals surface area contributed by atoms with Crippen molar-refractivity contribution in [3.63, 3.8) is 0 Å². The van der Waals surface area contributed by atoms with Crippen LogP contribution in [-0.4, -0.2) is 17.5 Å². The Hall–Kier alpha value is -3.79. The molecule has 35 heavy (non-hydrogen) atoms. The van der Waals surface area contributed by atoms with Crippen molar-refractivity contribution >= 4 is 23.2 Å². The van der Waals surface area contributed by atoms with Crippen molar-refractivity contribution in [2.75, 3.05) is 11.9 Å². The van der Waals surface area contributed by atoms with E-state index in [0.29, 0.717) is 18.8 Å². The molecule has 0 saturated heterocycles. The molecule has 4 heteroatoms. The van der Waals surface area contributed by atoms with E-state index in [1.807, 2.05) is 68.5 Å². The first-order valence-corrected chi connectivity index (χ1v) is 12.0. The number of allylic oxidation sites excluding steroid dienone is 5. The Kier molecular flexibility index (Phi) is 11.3. The first-order valence-electron chi connectivity index (χ1n) is 12.0. The zero-order valence-corrected chi connectivity index (χ0v) is 21.1. The van der Waals surface area contributed by atoms with Crippen LogP contribution in [0.1, 0.15) is 56.7 Å². The van der Waals surface area contributed by atoms with Crippen molar-refractivity contribution < 1.29 is 14.6 Å². The highest BCUT2D eigenvalue weighted by molar-refractivity contribution is 5.84. The largest absolute Gasteiger partial charge is 0.508 e. The molecule has 0 atom stereocenters. The van der Waals surface area contributed by atoms with Gasteiger partial charge in [0.05, 0.1) is 6.61 Å². The normalized spacial score (nSPS) is 12.0. The molecule has 0 aliphatic carbocycles. The molecule has 2 rings (SSSR count). The van der Waals surface area contributed by atoms with Gasteiger partial charge < -0.3 is 15.2 Å². The lowest BCUT2D eigenvalue weighted by atomic mass is 10.00. The Morgan fingerprint density at radius 2 is 1.86 bits per heavy atom. The van der Waals surface area contributed by atoms with Gasteiger partial charge in [0.25, 0.3) is 0 Å². The van der Waals surface area contributed by atoms with E-state index in [1.165, 1.54) is 0 Å². The fraction of sp³-hybridized carbons (Fsp3) is 0.258. The molecule has 0 saturated carbocycles. The Morgan fingerprint density at radius 1 is 1.11 bits per heavy atom. The van der Waals surface area contributed by atoms with Crippen molar-refractivity contribution in [2.45, 2.75) is 46.5 Å². The van der Waals surface area contributed by atoms with Gasteiger partial charge >= 0.3 is 0 Å². The molecule has 0 aliphatic rings. The molecule has 184 valence electrons. The second kappa shape index (κ2) is 14.5. The van der Waals surface area contributed by atoms with Gasteiger partial charge in [-0.15, -0.1) is 0 Å². The van der Waals surface area contributed by atoms with Gasteiger partial charge in [0.2, 0.25) is 0 Å². The number of carbonyl (C=O) groups is 1. The van der Waals surface area contributed by atoms with Gasteiger partial charge in [0.1, 0.15) is 17.3 Å². The molecular formula is C31H37NO3. The fourth-order valence-electron chi connectivity index (χ4n) is 3.61. The van der Waals surface area contributed by atoms with Crippen LogP contribution >= 0.6 is 0 Å². The van der Waals surface area contributed by atoms with Crippen molar-refractivity contribution in [2.24, 2.45) is 0 Å². The van der Waals surface area contributed by atoms with Crippen LogP contribution in [0, 0.1) is 0 Å². The number of hydrogen-bond acceptors (Lipinski definition) is 4. The van der Waals surface area contributed by atoms with Crippen molar-refractivity contribution in [3.05, 3.63) is 108 Å². The lowest BCUT2D eigenvalue weighted by Gasteiger charge is -2.16. The molecule has 4 nitrogen and oxygen atoms in total. The molecule has 2 N–H and O–H groups in total. The summed E-state index contributed by atoms with van der Waals surface area (Å²) < 4.78 is 5.87. The first-order chi connectivity index (χ1) is 16.8. The maximum Gasteiger partial charge on any atom is 0.134 e. The summed E-state index contributed by atoms with van der Waals surface area (Å²) >= 11 is 0. The summed E-state index contributed by atoms with van der Waals surface area (Å²) in [6, 6.07) is 13.8. The van der Waals surface area contributed by atoms with E-state index in [0.717, 1.165) is 58.7 Å². The summed E-state index contributed by atoms with van der Waals surface area (Å²) in [5.74, 6) is 1.25. The Morgan fingerprint density at radius 3 is 2.51 bits per heavy atom. The molecule has 0 amide bonds. The number of benzene rings is 2. The van der Waals surface area contributed by atoms with Gasteiger partial charge in [-0.2, -0.15) is 0 Å². The smallest absolute Gasteiger partial charge is 0.134 e. The molecule has 0 aliphatic heterocycles. The topological polar surface area (TPSA) is 58.6 Å². The SMILES string of the molecule is C=C/C=C\C(O)=C(/C)CCCCOc1ccc(C(=C)Nc2cccc(CC(C)=O)c2/C=C/C)cc1. The van der Waals surface area contributed by atoms with Crippen LogP contribution < -0.4 is 10.1 Å². The van der Waals surface area contributed by atoms with Crippen LogP contribution in [-0.2, 0) is 11.2 Å².